The van der Waals surface area contributed by atoms with Gasteiger partial charge >= 0.3 is 0 Å². The van der Waals surface area contributed by atoms with E-state index in [0.29, 0.717) is 21.4 Å². The van der Waals surface area contributed by atoms with E-state index in [2.05, 4.69) is 15.2 Å². The lowest BCUT2D eigenvalue weighted by Crippen LogP contribution is -2.55. The van der Waals surface area contributed by atoms with Gasteiger partial charge < -0.3 is 20.1 Å². The summed E-state index contributed by atoms with van der Waals surface area (Å²) in [7, 11) is 0. The van der Waals surface area contributed by atoms with E-state index in [1.165, 1.54) is 6.20 Å². The van der Waals surface area contributed by atoms with Crippen LogP contribution in [-0.2, 0) is 0 Å². The van der Waals surface area contributed by atoms with Gasteiger partial charge in [-0.05, 0) is 50.1 Å². The van der Waals surface area contributed by atoms with Gasteiger partial charge in [0.15, 0.2) is 0 Å². The van der Waals surface area contributed by atoms with Crippen molar-refractivity contribution in [2.24, 2.45) is 0 Å². The Balaban J connectivity index is 1.34. The van der Waals surface area contributed by atoms with E-state index in [1.54, 1.807) is 43.3 Å². The normalized spacial score (nSPS) is 17.1. The van der Waals surface area contributed by atoms with Crippen LogP contribution in [0, 0.1) is 0 Å². The lowest BCUT2D eigenvalue weighted by atomic mass is 10.0. The standard InChI is InChI=1S/C24H26ClN3O4/c1-24(31,27-23(30)21-14-26-22(29)20-5-3-2-4-19(20)21)15-28-12-10-18(11-13-28)32-17-8-6-16(25)7-9-17/h2-9,14,18,31H,10-13,15H2,1H3,(H,26,29)(H,27,30). The second kappa shape index (κ2) is 9.32. The largest absolute Gasteiger partial charge is 0.490 e. The maximum Gasteiger partial charge on any atom is 0.255 e. The fourth-order valence-corrected chi connectivity index (χ4v) is 4.20. The fourth-order valence-electron chi connectivity index (χ4n) is 4.07. The van der Waals surface area contributed by atoms with E-state index in [4.69, 9.17) is 16.3 Å². The van der Waals surface area contributed by atoms with E-state index in [0.717, 1.165) is 31.7 Å². The summed E-state index contributed by atoms with van der Waals surface area (Å²) in [6, 6.07) is 14.2. The molecule has 1 fully saturated rings. The minimum absolute atomic E-state index is 0.0967. The summed E-state index contributed by atoms with van der Waals surface area (Å²) in [5, 5.41) is 15.2. The van der Waals surface area contributed by atoms with Crippen molar-refractivity contribution < 1.29 is 14.6 Å². The van der Waals surface area contributed by atoms with Crippen molar-refractivity contribution >= 4 is 28.3 Å². The van der Waals surface area contributed by atoms with Crippen molar-refractivity contribution in [3.05, 3.63) is 75.7 Å². The highest BCUT2D eigenvalue weighted by atomic mass is 35.5. The maximum atomic E-state index is 12.9. The zero-order valence-corrected chi connectivity index (χ0v) is 18.6. The second-order valence-electron chi connectivity index (χ2n) is 8.35. The van der Waals surface area contributed by atoms with Crippen LogP contribution in [0.1, 0.15) is 30.1 Å². The number of aromatic amines is 1. The molecule has 0 spiro atoms. The quantitative estimate of drug-likeness (QED) is 0.496. The third-order valence-electron chi connectivity index (χ3n) is 5.62. The maximum absolute atomic E-state index is 12.9. The van der Waals surface area contributed by atoms with E-state index in [-0.39, 0.29) is 18.2 Å². The highest BCUT2D eigenvalue weighted by molar-refractivity contribution is 6.30. The molecular weight excluding hydrogens is 430 g/mol. The summed E-state index contributed by atoms with van der Waals surface area (Å²) in [6.07, 6.45) is 3.11. The number of H-pyrrole nitrogens is 1. The van der Waals surface area contributed by atoms with E-state index >= 15 is 0 Å². The molecule has 2 heterocycles. The number of nitrogens with one attached hydrogen (secondary N) is 2. The third-order valence-corrected chi connectivity index (χ3v) is 5.87. The van der Waals surface area contributed by atoms with Crippen LogP contribution in [0.2, 0.25) is 5.02 Å². The summed E-state index contributed by atoms with van der Waals surface area (Å²) in [5.41, 5.74) is -1.37. The third kappa shape index (κ3) is 5.30. The minimum atomic E-state index is -1.43. The molecule has 3 N–H and O–H groups in total. The molecule has 3 aromatic rings. The van der Waals surface area contributed by atoms with Crippen LogP contribution in [-0.4, -0.2) is 52.4 Å². The number of halogens is 1. The van der Waals surface area contributed by atoms with Gasteiger partial charge in [-0.15, -0.1) is 0 Å². The number of rotatable bonds is 6. The fraction of sp³-hybridized carbons (Fsp3) is 0.333. The molecule has 168 valence electrons. The molecule has 32 heavy (non-hydrogen) atoms. The van der Waals surface area contributed by atoms with E-state index < -0.39 is 11.6 Å². The molecule has 1 atom stereocenters. The molecule has 4 rings (SSSR count). The minimum Gasteiger partial charge on any atom is -0.490 e. The van der Waals surface area contributed by atoms with Gasteiger partial charge in [-0.25, -0.2) is 0 Å². The van der Waals surface area contributed by atoms with E-state index in [1.807, 2.05) is 12.1 Å². The Morgan fingerprint density at radius 2 is 1.84 bits per heavy atom. The van der Waals surface area contributed by atoms with Gasteiger partial charge in [-0.1, -0.05) is 29.8 Å². The van der Waals surface area contributed by atoms with Crippen LogP contribution in [0.3, 0.4) is 0 Å². The number of amides is 1. The Morgan fingerprint density at radius 1 is 1.19 bits per heavy atom. The number of aliphatic hydroxyl groups is 1. The first-order valence-corrected chi connectivity index (χ1v) is 11.0. The van der Waals surface area contributed by atoms with Gasteiger partial charge in [0.1, 0.15) is 17.6 Å². The summed E-state index contributed by atoms with van der Waals surface area (Å²) in [6.45, 7) is 3.35. The summed E-state index contributed by atoms with van der Waals surface area (Å²) >= 11 is 5.91. The Bertz CT molecular complexity index is 1150. The van der Waals surface area contributed by atoms with Crippen LogP contribution in [0.5, 0.6) is 5.75 Å². The number of hydrogen-bond acceptors (Lipinski definition) is 5. The molecule has 1 aliphatic rings. The van der Waals surface area contributed by atoms with Crippen LogP contribution in [0.25, 0.3) is 10.8 Å². The van der Waals surface area contributed by atoms with Gasteiger partial charge in [0.25, 0.3) is 11.5 Å². The lowest BCUT2D eigenvalue weighted by Gasteiger charge is -2.36. The van der Waals surface area contributed by atoms with Crippen molar-refractivity contribution in [1.82, 2.24) is 15.2 Å². The highest BCUT2D eigenvalue weighted by Crippen LogP contribution is 2.22. The Morgan fingerprint density at radius 3 is 2.53 bits per heavy atom. The zero-order chi connectivity index (χ0) is 22.7. The predicted octanol–water partition coefficient (Wildman–Crippen LogP) is 3.16. The first-order valence-electron chi connectivity index (χ1n) is 10.6. The number of ether oxygens (including phenoxy) is 1. The number of carbonyl (C=O) groups is 1. The lowest BCUT2D eigenvalue weighted by molar-refractivity contribution is -0.0186. The van der Waals surface area contributed by atoms with Gasteiger partial charge in [0, 0.05) is 41.6 Å². The molecule has 0 aliphatic carbocycles. The van der Waals surface area contributed by atoms with Crippen molar-refractivity contribution in [2.75, 3.05) is 19.6 Å². The summed E-state index contributed by atoms with van der Waals surface area (Å²) in [4.78, 5) is 29.6. The van der Waals surface area contributed by atoms with Crippen LogP contribution >= 0.6 is 11.6 Å². The number of carbonyl (C=O) groups excluding carboxylic acids is 1. The number of pyridine rings is 1. The number of fused-ring (bicyclic) bond motifs is 1. The van der Waals surface area contributed by atoms with Gasteiger partial charge in [-0.2, -0.15) is 0 Å². The predicted molar refractivity (Wildman–Crippen MR) is 124 cm³/mol. The van der Waals surface area contributed by atoms with Crippen LogP contribution in [0.4, 0.5) is 0 Å². The molecule has 1 aliphatic heterocycles. The molecule has 1 aromatic heterocycles. The molecule has 7 nitrogen and oxygen atoms in total. The van der Waals surface area contributed by atoms with Gasteiger partial charge in [-0.3, -0.25) is 14.5 Å². The number of likely N-dealkylation sites (tertiary alicyclic amines) is 1. The molecule has 0 radical (unpaired) electrons. The molecule has 1 unspecified atom stereocenters. The zero-order valence-electron chi connectivity index (χ0n) is 17.8. The number of nitrogens with zero attached hydrogens (tertiary/aromatic N) is 1. The van der Waals surface area contributed by atoms with Crippen LogP contribution in [0.15, 0.2) is 59.5 Å². The molecule has 2 aromatic carbocycles. The highest BCUT2D eigenvalue weighted by Gasteiger charge is 2.30. The first-order chi connectivity index (χ1) is 15.3. The number of benzene rings is 2. The molecule has 1 saturated heterocycles. The van der Waals surface area contributed by atoms with Gasteiger partial charge in [0.2, 0.25) is 0 Å². The van der Waals surface area contributed by atoms with E-state index in [9.17, 15) is 14.7 Å². The molecule has 1 amide bonds. The van der Waals surface area contributed by atoms with Crippen molar-refractivity contribution in [2.45, 2.75) is 31.6 Å². The van der Waals surface area contributed by atoms with Crippen molar-refractivity contribution in [3.63, 3.8) is 0 Å². The second-order valence-corrected chi connectivity index (χ2v) is 8.79. The first kappa shape index (κ1) is 22.3. The summed E-state index contributed by atoms with van der Waals surface area (Å²) < 4.78 is 6.02. The number of hydrogen-bond donors (Lipinski definition) is 3. The topological polar surface area (TPSA) is 94.7 Å². The Labute approximate surface area is 191 Å². The average Bonchev–Trinajstić information content (AvgIpc) is 2.76. The molecule has 0 saturated carbocycles. The van der Waals surface area contributed by atoms with Gasteiger partial charge in [0.05, 0.1) is 5.56 Å². The number of β-amino-alcohol motifs (C(OH)–C–C–N with tert-alkyl or cyclic N) is 1. The summed E-state index contributed by atoms with van der Waals surface area (Å²) in [5.74, 6) is 0.351. The van der Waals surface area contributed by atoms with Crippen molar-refractivity contribution in [1.29, 1.82) is 0 Å². The van der Waals surface area contributed by atoms with Crippen molar-refractivity contribution in [3.8, 4) is 5.75 Å². The molecular formula is C24H26ClN3O4. The Kier molecular flexibility index (Phi) is 6.50. The monoisotopic (exact) mass is 455 g/mol. The average molecular weight is 456 g/mol. The number of aromatic nitrogens is 1. The molecule has 0 bridgehead atoms. The van der Waals surface area contributed by atoms with Crippen LogP contribution < -0.4 is 15.6 Å². The number of piperidine rings is 1. The molecule has 8 heteroatoms. The Hall–Kier alpha value is -2.87. The smallest absolute Gasteiger partial charge is 0.255 e. The SMILES string of the molecule is CC(O)(CN1CCC(Oc2ccc(Cl)cc2)CC1)NC(=O)c1c[nH]c(=O)c2ccccc12.